The Labute approximate surface area is 124 Å². The van der Waals surface area contributed by atoms with Gasteiger partial charge in [0, 0.05) is 13.1 Å². The van der Waals surface area contributed by atoms with Crippen molar-refractivity contribution >= 4 is 23.4 Å². The van der Waals surface area contributed by atoms with Crippen molar-refractivity contribution in [1.82, 2.24) is 14.8 Å². The number of carbonyl (C=O) groups excluding carboxylic acids is 1. The van der Waals surface area contributed by atoms with Crippen LogP contribution in [0.1, 0.15) is 16.2 Å². The number of aromatic nitrogens is 3. The normalized spacial score (nSPS) is 10.4. The number of nitro groups is 1. The van der Waals surface area contributed by atoms with Crippen molar-refractivity contribution < 1.29 is 14.5 Å². The average Bonchev–Trinajstić information content (AvgIpc) is 2.75. The van der Waals surface area contributed by atoms with E-state index in [1.54, 1.807) is 17.8 Å². The Balaban J connectivity index is 2.46. The maximum Gasteiger partial charge on any atom is 0.356 e. The highest BCUT2D eigenvalue weighted by molar-refractivity contribution is 7.99. The van der Waals surface area contributed by atoms with Crippen molar-refractivity contribution in [3.63, 3.8) is 0 Å². The molecule has 0 spiro atoms. The van der Waals surface area contributed by atoms with E-state index in [0.717, 1.165) is 17.5 Å². The summed E-state index contributed by atoms with van der Waals surface area (Å²) in [5.41, 5.74) is 0.628. The molecule has 2 aromatic rings. The standard InChI is InChI=1S/C12H12N4O4S/c1-7-6-10(15(2)14-7)21-11-9(16(18)19)5-4-8(13-11)12(17)20-3/h4-6H,1-3H3. The zero-order valence-corrected chi connectivity index (χ0v) is 12.4. The first-order chi connectivity index (χ1) is 9.92. The predicted molar refractivity (Wildman–Crippen MR) is 74.3 cm³/mol. The van der Waals surface area contributed by atoms with Gasteiger partial charge in [0.1, 0.15) is 10.7 Å². The second-order valence-corrected chi connectivity index (χ2v) is 5.13. The van der Waals surface area contributed by atoms with Gasteiger partial charge >= 0.3 is 11.7 Å². The number of rotatable bonds is 4. The summed E-state index contributed by atoms with van der Waals surface area (Å²) in [4.78, 5) is 26.0. The molecule has 0 aliphatic carbocycles. The van der Waals surface area contributed by atoms with E-state index < -0.39 is 10.9 Å². The summed E-state index contributed by atoms with van der Waals surface area (Å²) in [7, 11) is 2.95. The number of nitrogens with zero attached hydrogens (tertiary/aromatic N) is 4. The van der Waals surface area contributed by atoms with Crippen LogP contribution in [-0.2, 0) is 11.8 Å². The Morgan fingerprint density at radius 1 is 1.48 bits per heavy atom. The first kappa shape index (κ1) is 15.0. The van der Waals surface area contributed by atoms with Crippen LogP contribution in [0.25, 0.3) is 0 Å². The Hall–Kier alpha value is -2.42. The van der Waals surface area contributed by atoms with Crippen LogP contribution in [0.5, 0.6) is 0 Å². The lowest BCUT2D eigenvalue weighted by Gasteiger charge is -2.04. The number of ether oxygens (including phenoxy) is 1. The third-order valence-electron chi connectivity index (χ3n) is 2.59. The van der Waals surface area contributed by atoms with Gasteiger partial charge in [-0.3, -0.25) is 14.8 Å². The van der Waals surface area contributed by atoms with Gasteiger partial charge in [0.25, 0.3) is 0 Å². The summed E-state index contributed by atoms with van der Waals surface area (Å²) in [6.07, 6.45) is 0. The lowest BCUT2D eigenvalue weighted by Crippen LogP contribution is -2.06. The summed E-state index contributed by atoms with van der Waals surface area (Å²) in [6.45, 7) is 1.82. The lowest BCUT2D eigenvalue weighted by atomic mass is 10.3. The Morgan fingerprint density at radius 3 is 2.71 bits per heavy atom. The van der Waals surface area contributed by atoms with Gasteiger partial charge in [0.05, 0.1) is 17.7 Å². The molecule has 2 aromatic heterocycles. The fourth-order valence-corrected chi connectivity index (χ4v) is 2.64. The van der Waals surface area contributed by atoms with Crippen molar-refractivity contribution in [2.24, 2.45) is 7.05 Å². The van der Waals surface area contributed by atoms with E-state index in [0.29, 0.717) is 5.03 Å². The van der Waals surface area contributed by atoms with Gasteiger partial charge in [-0.1, -0.05) is 0 Å². The smallest absolute Gasteiger partial charge is 0.356 e. The topological polar surface area (TPSA) is 100 Å². The minimum Gasteiger partial charge on any atom is -0.464 e. The summed E-state index contributed by atoms with van der Waals surface area (Å²) in [6, 6.07) is 4.29. The molecule has 0 saturated heterocycles. The molecule has 0 amide bonds. The molecule has 0 unspecified atom stereocenters. The van der Waals surface area contributed by atoms with E-state index in [1.807, 2.05) is 6.92 Å². The van der Waals surface area contributed by atoms with Crippen LogP contribution in [0, 0.1) is 17.0 Å². The minimum atomic E-state index is -0.645. The highest BCUT2D eigenvalue weighted by Crippen LogP contribution is 2.33. The molecule has 2 heterocycles. The van der Waals surface area contributed by atoms with E-state index in [4.69, 9.17) is 0 Å². The molecule has 0 aliphatic rings. The third-order valence-corrected chi connectivity index (χ3v) is 3.68. The molecule has 0 bridgehead atoms. The molecule has 21 heavy (non-hydrogen) atoms. The molecule has 0 N–H and O–H groups in total. The number of hydrogen-bond donors (Lipinski definition) is 0. The first-order valence-electron chi connectivity index (χ1n) is 5.84. The largest absolute Gasteiger partial charge is 0.464 e. The molecule has 110 valence electrons. The fourth-order valence-electron chi connectivity index (χ4n) is 1.65. The van der Waals surface area contributed by atoms with Crippen molar-refractivity contribution in [2.45, 2.75) is 17.0 Å². The summed E-state index contributed by atoms with van der Waals surface area (Å²) in [5, 5.41) is 16.0. The number of esters is 1. The quantitative estimate of drug-likeness (QED) is 0.483. The Morgan fingerprint density at radius 2 is 2.19 bits per heavy atom. The second kappa shape index (κ2) is 5.92. The molecule has 0 radical (unpaired) electrons. The number of hydrogen-bond acceptors (Lipinski definition) is 7. The molecule has 0 fully saturated rings. The van der Waals surface area contributed by atoms with Gasteiger partial charge in [-0.2, -0.15) is 5.10 Å². The average molecular weight is 308 g/mol. The van der Waals surface area contributed by atoms with Gasteiger partial charge in [-0.25, -0.2) is 9.78 Å². The Kier molecular flexibility index (Phi) is 4.22. The molecular formula is C12H12N4O4S. The van der Waals surface area contributed by atoms with Crippen molar-refractivity contribution in [3.8, 4) is 0 Å². The number of carbonyl (C=O) groups is 1. The van der Waals surface area contributed by atoms with Crippen LogP contribution < -0.4 is 0 Å². The second-order valence-electron chi connectivity index (χ2n) is 4.12. The van der Waals surface area contributed by atoms with E-state index >= 15 is 0 Å². The van der Waals surface area contributed by atoms with E-state index in [9.17, 15) is 14.9 Å². The van der Waals surface area contributed by atoms with Gasteiger partial charge in [0.2, 0.25) is 0 Å². The minimum absolute atomic E-state index is 0.0180. The van der Waals surface area contributed by atoms with Crippen LogP contribution in [0.15, 0.2) is 28.3 Å². The van der Waals surface area contributed by atoms with Crippen molar-refractivity contribution in [3.05, 3.63) is 39.7 Å². The first-order valence-corrected chi connectivity index (χ1v) is 6.66. The zero-order chi connectivity index (χ0) is 15.6. The van der Waals surface area contributed by atoms with Crippen LogP contribution in [-0.4, -0.2) is 32.8 Å². The van der Waals surface area contributed by atoms with E-state index in [1.165, 1.54) is 19.2 Å². The van der Waals surface area contributed by atoms with Crippen LogP contribution in [0.2, 0.25) is 0 Å². The summed E-state index contributed by atoms with van der Waals surface area (Å²) >= 11 is 1.07. The number of pyridine rings is 1. The molecule has 9 heteroatoms. The van der Waals surface area contributed by atoms with Gasteiger partial charge in [-0.15, -0.1) is 0 Å². The summed E-state index contributed by atoms with van der Waals surface area (Å²) in [5.74, 6) is -0.645. The zero-order valence-electron chi connectivity index (χ0n) is 11.6. The third kappa shape index (κ3) is 3.19. The van der Waals surface area contributed by atoms with Gasteiger partial charge in [-0.05, 0) is 30.8 Å². The van der Waals surface area contributed by atoms with Crippen LogP contribution in [0.3, 0.4) is 0 Å². The lowest BCUT2D eigenvalue weighted by molar-refractivity contribution is -0.388. The fraction of sp³-hybridized carbons (Fsp3) is 0.250. The van der Waals surface area contributed by atoms with Crippen molar-refractivity contribution in [2.75, 3.05) is 7.11 Å². The van der Waals surface area contributed by atoms with Crippen LogP contribution in [0.4, 0.5) is 5.69 Å². The van der Waals surface area contributed by atoms with Gasteiger partial charge in [0.15, 0.2) is 5.03 Å². The molecule has 0 atom stereocenters. The highest BCUT2D eigenvalue weighted by Gasteiger charge is 2.21. The van der Waals surface area contributed by atoms with E-state index in [-0.39, 0.29) is 16.4 Å². The van der Waals surface area contributed by atoms with Crippen LogP contribution >= 0.6 is 11.8 Å². The predicted octanol–water partition coefficient (Wildman–Crippen LogP) is 1.97. The molecule has 0 aromatic carbocycles. The SMILES string of the molecule is COC(=O)c1ccc([N+](=O)[O-])c(Sc2cc(C)nn2C)n1. The maximum atomic E-state index is 11.5. The molecular weight excluding hydrogens is 296 g/mol. The Bertz CT molecular complexity index is 713. The van der Waals surface area contributed by atoms with E-state index in [2.05, 4.69) is 14.8 Å². The molecule has 2 rings (SSSR count). The summed E-state index contributed by atoms with van der Waals surface area (Å²) < 4.78 is 6.17. The van der Waals surface area contributed by atoms with Crippen molar-refractivity contribution in [1.29, 1.82) is 0 Å². The number of methoxy groups -OCH3 is 1. The maximum absolute atomic E-state index is 11.5. The monoisotopic (exact) mass is 308 g/mol. The molecule has 0 aliphatic heterocycles. The number of aryl methyl sites for hydroxylation is 2. The molecule has 8 nitrogen and oxygen atoms in total. The highest BCUT2D eigenvalue weighted by atomic mass is 32.2. The van der Waals surface area contributed by atoms with Gasteiger partial charge < -0.3 is 4.74 Å². The molecule has 0 saturated carbocycles.